The molecule has 182 valence electrons. The molecule has 0 bridgehead atoms. The van der Waals surface area contributed by atoms with Crippen molar-refractivity contribution >= 4 is 56.2 Å². The summed E-state index contributed by atoms with van der Waals surface area (Å²) < 4.78 is 4.85. The number of rotatable bonds is 6. The molecule has 0 N–H and O–H groups in total. The van der Waals surface area contributed by atoms with Crippen LogP contribution in [-0.4, -0.2) is 61.7 Å². The Morgan fingerprint density at radius 1 is 1.09 bits per heavy atom. The van der Waals surface area contributed by atoms with Gasteiger partial charge in [0, 0.05) is 27.2 Å². The van der Waals surface area contributed by atoms with Crippen molar-refractivity contribution < 1.29 is 4.79 Å². The summed E-state index contributed by atoms with van der Waals surface area (Å²) in [6, 6.07) is 4.09. The number of carbonyl (C=O) groups excluding carboxylic acids is 1. The maximum atomic E-state index is 13.5. The Hall–Kier alpha value is -3.02. The molecule has 0 saturated heterocycles. The summed E-state index contributed by atoms with van der Waals surface area (Å²) in [5.74, 6) is -0.208. The number of imidazole rings is 1. The highest BCUT2D eigenvalue weighted by molar-refractivity contribution is 7.22. The molecule has 0 aliphatic carbocycles. The lowest BCUT2D eigenvalue weighted by molar-refractivity contribution is -0.119. The fraction of sp³-hybridized carbons (Fsp3) is 0.409. The number of hydrogen-bond donors (Lipinski definition) is 0. The lowest BCUT2D eigenvalue weighted by atomic mass is 10.1. The average Bonchev–Trinajstić information content (AvgIpc) is 3.38. The van der Waals surface area contributed by atoms with Gasteiger partial charge in [-0.05, 0) is 45.1 Å². The van der Waals surface area contributed by atoms with Crippen LogP contribution in [0.15, 0.2) is 28.0 Å². The molecule has 1 amide bonds. The van der Waals surface area contributed by atoms with E-state index in [1.807, 2.05) is 38.9 Å². The number of carbonyl (C=O) groups is 1. The molecule has 12 heteroatoms. The lowest BCUT2D eigenvalue weighted by Gasteiger charge is -2.22. The van der Waals surface area contributed by atoms with Crippen LogP contribution in [0.4, 0.5) is 5.13 Å². The third kappa shape index (κ3) is 4.38. The zero-order valence-corrected chi connectivity index (χ0v) is 21.7. The molecule has 0 aliphatic rings. The minimum Gasteiger partial charge on any atom is -0.315 e. The van der Waals surface area contributed by atoms with Crippen LogP contribution in [0, 0.1) is 13.8 Å². The zero-order valence-electron chi connectivity index (χ0n) is 20.0. The van der Waals surface area contributed by atoms with E-state index in [2.05, 4.69) is 11.1 Å². The van der Waals surface area contributed by atoms with Crippen LogP contribution >= 0.6 is 23.7 Å². The highest BCUT2D eigenvalue weighted by Crippen LogP contribution is 2.32. The molecule has 4 rings (SSSR count). The standard InChI is InChI=1S/C22H27N7O3S.ClH/c1-13-7-8-15-17(14(13)2)24-21(33-15)29(10-9-25(3)4)16(30)11-28-12-23-19-18(28)20(31)27(6)22(32)26(19)5;/h7-8,12H,9-11H2,1-6H3;1H. The first kappa shape index (κ1) is 25.6. The third-order valence-electron chi connectivity index (χ3n) is 5.90. The first-order valence-electron chi connectivity index (χ1n) is 10.5. The summed E-state index contributed by atoms with van der Waals surface area (Å²) in [5, 5.41) is 0.621. The molecule has 0 saturated carbocycles. The molecule has 4 aromatic rings. The monoisotopic (exact) mass is 505 g/mol. The van der Waals surface area contributed by atoms with E-state index >= 15 is 0 Å². The van der Waals surface area contributed by atoms with Gasteiger partial charge in [0.05, 0.1) is 16.5 Å². The maximum Gasteiger partial charge on any atom is 0.332 e. The van der Waals surface area contributed by atoms with Crippen molar-refractivity contribution in [3.8, 4) is 0 Å². The van der Waals surface area contributed by atoms with Gasteiger partial charge < -0.3 is 9.47 Å². The van der Waals surface area contributed by atoms with E-state index in [0.717, 1.165) is 25.9 Å². The molecule has 3 heterocycles. The minimum absolute atomic E-state index is 0. The van der Waals surface area contributed by atoms with E-state index in [4.69, 9.17) is 4.98 Å². The summed E-state index contributed by atoms with van der Waals surface area (Å²) in [5.41, 5.74) is 2.67. The highest BCUT2D eigenvalue weighted by atomic mass is 35.5. The van der Waals surface area contributed by atoms with Crippen LogP contribution in [0.3, 0.4) is 0 Å². The molecule has 0 radical (unpaired) electrons. The normalized spacial score (nSPS) is 11.4. The Balaban J connectivity index is 0.00000324. The van der Waals surface area contributed by atoms with Crippen LogP contribution < -0.4 is 16.1 Å². The fourth-order valence-electron chi connectivity index (χ4n) is 3.70. The molecule has 0 fully saturated rings. The summed E-state index contributed by atoms with van der Waals surface area (Å²) in [4.78, 5) is 51.1. The number of nitrogens with zero attached hydrogens (tertiary/aromatic N) is 7. The van der Waals surface area contributed by atoms with E-state index in [1.54, 1.807) is 11.9 Å². The number of amides is 1. The largest absolute Gasteiger partial charge is 0.332 e. The van der Waals surface area contributed by atoms with E-state index in [9.17, 15) is 14.4 Å². The predicted molar refractivity (Wildman–Crippen MR) is 137 cm³/mol. The third-order valence-corrected chi connectivity index (χ3v) is 6.94. The molecular weight excluding hydrogens is 478 g/mol. The Morgan fingerprint density at radius 2 is 1.79 bits per heavy atom. The van der Waals surface area contributed by atoms with Gasteiger partial charge in [-0.25, -0.2) is 14.8 Å². The second-order valence-electron chi connectivity index (χ2n) is 8.45. The first-order chi connectivity index (χ1) is 15.6. The van der Waals surface area contributed by atoms with Crippen molar-refractivity contribution in [3.63, 3.8) is 0 Å². The molecule has 34 heavy (non-hydrogen) atoms. The minimum atomic E-state index is -0.482. The van der Waals surface area contributed by atoms with Gasteiger partial charge in [-0.15, -0.1) is 12.4 Å². The van der Waals surface area contributed by atoms with Gasteiger partial charge in [0.2, 0.25) is 5.91 Å². The Labute approximate surface area is 206 Å². The van der Waals surface area contributed by atoms with Crippen LogP contribution in [0.2, 0.25) is 0 Å². The number of aryl methyl sites for hydroxylation is 3. The van der Waals surface area contributed by atoms with E-state index in [0.29, 0.717) is 18.2 Å². The van der Waals surface area contributed by atoms with Crippen LogP contribution in [0.1, 0.15) is 11.1 Å². The molecule has 0 unspecified atom stereocenters. The molecule has 10 nitrogen and oxygen atoms in total. The van der Waals surface area contributed by atoms with Crippen molar-refractivity contribution in [1.82, 2.24) is 28.6 Å². The Bertz CT molecular complexity index is 1500. The molecule has 0 aliphatic heterocycles. The van der Waals surface area contributed by atoms with Crippen molar-refractivity contribution in [1.29, 1.82) is 0 Å². The van der Waals surface area contributed by atoms with Gasteiger partial charge >= 0.3 is 5.69 Å². The molecular formula is C22H28ClN7O3S. The van der Waals surface area contributed by atoms with E-state index < -0.39 is 11.2 Å². The maximum absolute atomic E-state index is 13.5. The predicted octanol–water partition coefficient (Wildman–Crippen LogP) is 1.68. The zero-order chi connectivity index (χ0) is 24.0. The number of thiazole rings is 1. The van der Waals surface area contributed by atoms with Gasteiger partial charge in [0.15, 0.2) is 16.3 Å². The fourth-order valence-corrected chi connectivity index (χ4v) is 4.77. The molecule has 1 aromatic carbocycles. The second kappa shape index (κ2) is 9.69. The number of anilines is 1. The number of aromatic nitrogens is 5. The van der Waals surface area contributed by atoms with Crippen molar-refractivity contribution in [2.45, 2.75) is 20.4 Å². The lowest BCUT2D eigenvalue weighted by Crippen LogP contribution is -2.40. The number of hydrogen-bond acceptors (Lipinski definition) is 7. The summed E-state index contributed by atoms with van der Waals surface area (Å²) in [7, 11) is 6.86. The molecule has 0 spiro atoms. The van der Waals surface area contributed by atoms with Gasteiger partial charge in [0.1, 0.15) is 6.54 Å². The van der Waals surface area contributed by atoms with Crippen molar-refractivity contribution in [3.05, 3.63) is 50.4 Å². The first-order valence-corrected chi connectivity index (χ1v) is 11.3. The van der Waals surface area contributed by atoms with Crippen molar-refractivity contribution in [2.75, 3.05) is 32.1 Å². The van der Waals surface area contributed by atoms with Crippen LogP contribution in [0.25, 0.3) is 21.4 Å². The Kier molecular flexibility index (Phi) is 7.29. The number of benzene rings is 1. The van der Waals surface area contributed by atoms with Gasteiger partial charge in [-0.2, -0.15) is 0 Å². The van der Waals surface area contributed by atoms with E-state index in [1.165, 1.54) is 33.8 Å². The number of fused-ring (bicyclic) bond motifs is 2. The van der Waals surface area contributed by atoms with Gasteiger partial charge in [-0.3, -0.25) is 23.6 Å². The smallest absolute Gasteiger partial charge is 0.315 e. The topological polar surface area (TPSA) is 98.3 Å². The van der Waals surface area contributed by atoms with Gasteiger partial charge in [0.25, 0.3) is 5.56 Å². The van der Waals surface area contributed by atoms with Crippen LogP contribution in [0.5, 0.6) is 0 Å². The SMILES string of the molecule is Cc1ccc2sc(N(CCN(C)C)C(=O)Cn3cnc4c3c(=O)n(C)c(=O)n4C)nc2c1C.Cl. The highest BCUT2D eigenvalue weighted by Gasteiger charge is 2.23. The van der Waals surface area contributed by atoms with E-state index in [-0.39, 0.29) is 36.0 Å². The second-order valence-corrected chi connectivity index (χ2v) is 9.46. The molecule has 3 aromatic heterocycles. The Morgan fingerprint density at radius 3 is 2.47 bits per heavy atom. The summed E-state index contributed by atoms with van der Waals surface area (Å²) >= 11 is 1.47. The number of halogens is 1. The summed E-state index contributed by atoms with van der Waals surface area (Å²) in [6.45, 7) is 5.09. The molecule has 0 atom stereocenters. The van der Waals surface area contributed by atoms with Gasteiger partial charge in [-0.1, -0.05) is 17.4 Å². The number of likely N-dealkylation sites (N-methyl/N-ethyl adjacent to an activating group) is 1. The van der Waals surface area contributed by atoms with Crippen molar-refractivity contribution in [2.24, 2.45) is 14.1 Å². The average molecular weight is 506 g/mol. The van der Waals surface area contributed by atoms with Crippen LogP contribution in [-0.2, 0) is 25.4 Å². The quantitative estimate of drug-likeness (QED) is 0.395. The summed E-state index contributed by atoms with van der Waals surface area (Å²) in [6.07, 6.45) is 1.43.